The van der Waals surface area contributed by atoms with Gasteiger partial charge in [-0.05, 0) is 32.0 Å². The van der Waals surface area contributed by atoms with E-state index in [-0.39, 0.29) is 5.97 Å². The van der Waals surface area contributed by atoms with Crippen LogP contribution in [-0.4, -0.2) is 29.3 Å². The molecular formula is C13H17N3O4. The van der Waals surface area contributed by atoms with Crippen LogP contribution in [0.25, 0.3) is 11.6 Å². The fourth-order valence-corrected chi connectivity index (χ4v) is 1.62. The molecule has 0 amide bonds. The molecule has 2 heterocycles. The summed E-state index contributed by atoms with van der Waals surface area (Å²) in [5, 5.41) is 6.94. The zero-order valence-corrected chi connectivity index (χ0v) is 11.3. The van der Waals surface area contributed by atoms with Gasteiger partial charge >= 0.3 is 5.97 Å². The molecule has 1 N–H and O–H groups in total. The lowest BCUT2D eigenvalue weighted by molar-refractivity contribution is -0.143. The normalized spacial score (nSPS) is 10.7. The second-order valence-corrected chi connectivity index (χ2v) is 4.07. The van der Waals surface area contributed by atoms with Crippen molar-refractivity contribution in [2.45, 2.75) is 26.3 Å². The zero-order valence-electron chi connectivity index (χ0n) is 11.3. The molecule has 7 heteroatoms. The van der Waals surface area contributed by atoms with Crippen LogP contribution < -0.4 is 5.32 Å². The molecule has 2 rings (SSSR count). The van der Waals surface area contributed by atoms with Crippen molar-refractivity contribution in [2.75, 3.05) is 13.2 Å². The van der Waals surface area contributed by atoms with Crippen molar-refractivity contribution in [1.29, 1.82) is 0 Å². The topological polar surface area (TPSA) is 90.4 Å². The smallest absolute Gasteiger partial charge is 0.305 e. The highest BCUT2D eigenvalue weighted by atomic mass is 16.5. The number of nitrogens with one attached hydrogen (secondary N) is 1. The lowest BCUT2D eigenvalue weighted by Crippen LogP contribution is -2.16. The minimum Gasteiger partial charge on any atom is -0.466 e. The predicted molar refractivity (Wildman–Crippen MR) is 69.6 cm³/mol. The van der Waals surface area contributed by atoms with Crippen LogP contribution in [-0.2, 0) is 16.1 Å². The van der Waals surface area contributed by atoms with Gasteiger partial charge in [-0.2, -0.15) is 4.98 Å². The van der Waals surface area contributed by atoms with E-state index in [4.69, 9.17) is 13.7 Å². The number of carbonyl (C=O) groups is 1. The van der Waals surface area contributed by atoms with Gasteiger partial charge in [-0.1, -0.05) is 5.16 Å². The first-order valence-corrected chi connectivity index (χ1v) is 6.52. The van der Waals surface area contributed by atoms with Crippen LogP contribution in [0, 0.1) is 0 Å². The van der Waals surface area contributed by atoms with Gasteiger partial charge in [0, 0.05) is 6.42 Å². The third-order valence-electron chi connectivity index (χ3n) is 2.53. The van der Waals surface area contributed by atoms with E-state index < -0.39 is 0 Å². The van der Waals surface area contributed by atoms with E-state index >= 15 is 0 Å². The Morgan fingerprint density at radius 2 is 2.40 bits per heavy atom. The summed E-state index contributed by atoms with van der Waals surface area (Å²) in [6, 6.07) is 3.53. The number of nitrogens with zero attached hydrogens (tertiary/aromatic N) is 2. The van der Waals surface area contributed by atoms with Crippen molar-refractivity contribution in [3.8, 4) is 11.6 Å². The zero-order chi connectivity index (χ0) is 14.2. The average molecular weight is 279 g/mol. The van der Waals surface area contributed by atoms with Gasteiger partial charge in [-0.15, -0.1) is 0 Å². The monoisotopic (exact) mass is 279 g/mol. The molecule has 0 spiro atoms. The molecule has 0 bridgehead atoms. The largest absolute Gasteiger partial charge is 0.466 e. The molecule has 7 nitrogen and oxygen atoms in total. The summed E-state index contributed by atoms with van der Waals surface area (Å²) in [6.45, 7) is 3.35. The van der Waals surface area contributed by atoms with Gasteiger partial charge in [0.1, 0.15) is 0 Å². The minimum atomic E-state index is -0.174. The van der Waals surface area contributed by atoms with E-state index in [1.54, 1.807) is 25.3 Å². The van der Waals surface area contributed by atoms with Gasteiger partial charge in [0.05, 0.1) is 19.4 Å². The molecule has 108 valence electrons. The van der Waals surface area contributed by atoms with Crippen molar-refractivity contribution >= 4 is 5.97 Å². The highest BCUT2D eigenvalue weighted by molar-refractivity contribution is 5.69. The molecule has 0 aromatic carbocycles. The molecular weight excluding hydrogens is 262 g/mol. The van der Waals surface area contributed by atoms with E-state index in [1.165, 1.54) is 0 Å². The second kappa shape index (κ2) is 7.44. The molecule has 0 saturated carbocycles. The van der Waals surface area contributed by atoms with Crippen LogP contribution in [0.15, 0.2) is 27.3 Å². The van der Waals surface area contributed by atoms with E-state index in [2.05, 4.69) is 15.5 Å². The molecule has 0 atom stereocenters. The first kappa shape index (κ1) is 14.3. The Morgan fingerprint density at radius 3 is 3.15 bits per heavy atom. The lowest BCUT2D eigenvalue weighted by atomic mass is 10.3. The highest BCUT2D eigenvalue weighted by Gasteiger charge is 2.10. The van der Waals surface area contributed by atoms with Crippen LogP contribution in [0.3, 0.4) is 0 Å². The van der Waals surface area contributed by atoms with Crippen LogP contribution in [0.2, 0.25) is 0 Å². The molecule has 0 saturated heterocycles. The number of esters is 1. The van der Waals surface area contributed by atoms with Gasteiger partial charge in [0.2, 0.25) is 11.7 Å². The van der Waals surface area contributed by atoms with Crippen LogP contribution in [0.1, 0.15) is 25.7 Å². The molecule has 20 heavy (non-hydrogen) atoms. The van der Waals surface area contributed by atoms with Gasteiger partial charge in [-0.25, -0.2) is 0 Å². The molecule has 2 aromatic rings. The quantitative estimate of drug-likeness (QED) is 0.581. The summed E-state index contributed by atoms with van der Waals surface area (Å²) in [5.74, 6) is 1.31. The maximum Gasteiger partial charge on any atom is 0.305 e. The van der Waals surface area contributed by atoms with Crippen molar-refractivity contribution in [1.82, 2.24) is 15.5 Å². The summed E-state index contributed by atoms with van der Waals surface area (Å²) < 4.78 is 15.1. The van der Waals surface area contributed by atoms with Crippen LogP contribution in [0.5, 0.6) is 0 Å². The Morgan fingerprint density at radius 1 is 1.50 bits per heavy atom. The highest BCUT2D eigenvalue weighted by Crippen LogP contribution is 2.15. The van der Waals surface area contributed by atoms with Crippen molar-refractivity contribution in [3.63, 3.8) is 0 Å². The lowest BCUT2D eigenvalue weighted by Gasteiger charge is -2.02. The van der Waals surface area contributed by atoms with Crippen LogP contribution >= 0.6 is 0 Å². The van der Waals surface area contributed by atoms with Gasteiger partial charge in [0.25, 0.3) is 0 Å². The van der Waals surface area contributed by atoms with E-state index in [9.17, 15) is 4.79 Å². The van der Waals surface area contributed by atoms with Crippen molar-refractivity contribution < 1.29 is 18.5 Å². The molecule has 0 aliphatic carbocycles. The first-order valence-electron chi connectivity index (χ1n) is 6.52. The molecule has 0 aliphatic rings. The van der Waals surface area contributed by atoms with E-state index in [1.807, 2.05) is 0 Å². The minimum absolute atomic E-state index is 0.174. The number of hydrogen-bond donors (Lipinski definition) is 1. The first-order chi connectivity index (χ1) is 9.79. The Hall–Kier alpha value is -2.15. The average Bonchev–Trinajstić information content (AvgIpc) is 3.09. The van der Waals surface area contributed by atoms with E-state index in [0.29, 0.717) is 50.0 Å². The molecule has 0 fully saturated rings. The predicted octanol–water partition coefficient (Wildman–Crippen LogP) is 1.76. The summed E-state index contributed by atoms with van der Waals surface area (Å²) in [4.78, 5) is 15.3. The summed E-state index contributed by atoms with van der Waals surface area (Å²) in [6.07, 6.45) is 2.67. The maximum atomic E-state index is 11.1. The second-order valence-electron chi connectivity index (χ2n) is 4.07. The fraction of sp³-hybridized carbons (Fsp3) is 0.462. The number of rotatable bonds is 8. The number of aromatic nitrogens is 2. The Balaban J connectivity index is 1.66. The summed E-state index contributed by atoms with van der Waals surface area (Å²) in [7, 11) is 0. The number of carbonyl (C=O) groups excluding carboxylic acids is 1. The van der Waals surface area contributed by atoms with Crippen molar-refractivity contribution in [3.05, 3.63) is 24.3 Å². The van der Waals surface area contributed by atoms with Crippen LogP contribution in [0.4, 0.5) is 0 Å². The Labute approximate surface area is 116 Å². The standard InChI is InChI=1S/C13H17N3O4/c1-2-18-12(17)6-3-7-14-9-11-15-13(16-20-11)10-5-4-8-19-10/h4-5,8,14H,2-3,6-7,9H2,1H3. The Bertz CT molecular complexity index is 521. The molecule has 0 unspecified atom stereocenters. The third kappa shape index (κ3) is 4.20. The summed E-state index contributed by atoms with van der Waals surface area (Å²) in [5.41, 5.74) is 0. The van der Waals surface area contributed by atoms with E-state index in [0.717, 1.165) is 0 Å². The van der Waals surface area contributed by atoms with Gasteiger partial charge in [0.15, 0.2) is 5.76 Å². The van der Waals surface area contributed by atoms with Gasteiger partial charge < -0.3 is 19.0 Å². The number of ether oxygens (including phenoxy) is 1. The molecule has 2 aromatic heterocycles. The maximum absolute atomic E-state index is 11.1. The van der Waals surface area contributed by atoms with Gasteiger partial charge in [-0.3, -0.25) is 4.79 Å². The number of furan rings is 1. The third-order valence-corrected chi connectivity index (χ3v) is 2.53. The summed E-state index contributed by atoms with van der Waals surface area (Å²) >= 11 is 0. The van der Waals surface area contributed by atoms with Crippen molar-refractivity contribution in [2.24, 2.45) is 0 Å². The molecule has 0 radical (unpaired) electrons. The molecule has 0 aliphatic heterocycles. The Kier molecular flexibility index (Phi) is 5.31. The number of hydrogen-bond acceptors (Lipinski definition) is 7. The SMILES string of the molecule is CCOC(=O)CCCNCc1nc(-c2ccco2)no1. The fourth-order valence-electron chi connectivity index (χ4n) is 1.62.